The van der Waals surface area contributed by atoms with Crippen molar-refractivity contribution in [3.8, 4) is 16.9 Å². The van der Waals surface area contributed by atoms with E-state index in [-0.39, 0.29) is 17.3 Å². The molecule has 1 saturated carbocycles. The molecule has 5 heteroatoms. The van der Waals surface area contributed by atoms with Crippen LogP contribution in [0.2, 0.25) is 0 Å². The Morgan fingerprint density at radius 2 is 1.56 bits per heavy atom. The Kier molecular flexibility index (Phi) is 8.50. The van der Waals surface area contributed by atoms with Crippen molar-refractivity contribution < 1.29 is 22.7 Å². The number of unbranched alkanes of at least 4 members (excludes halogenated alkanes) is 1. The van der Waals surface area contributed by atoms with Crippen LogP contribution in [-0.4, -0.2) is 5.97 Å². The van der Waals surface area contributed by atoms with Crippen molar-refractivity contribution in [1.29, 1.82) is 0 Å². The number of esters is 1. The zero-order valence-corrected chi connectivity index (χ0v) is 21.0. The van der Waals surface area contributed by atoms with Crippen LogP contribution in [0.15, 0.2) is 54.6 Å². The standard InChI is InChI=1S/C31H33F3O2/c1-3-5-6-21-9-16-25(27(32)19-21)22-12-14-24(15-13-22)31(35)36-28-18-17-26(29(33)30(28)34)23-10-7-20(4-2)8-11-23/h7-11,16-19,22,24H,3-6,12-15H2,1-2H3. The molecule has 3 aromatic carbocycles. The van der Waals surface area contributed by atoms with Crippen LogP contribution in [0.3, 0.4) is 0 Å². The Bertz CT molecular complexity index is 1200. The van der Waals surface area contributed by atoms with Crippen molar-refractivity contribution in [2.75, 3.05) is 0 Å². The molecule has 0 unspecified atom stereocenters. The van der Waals surface area contributed by atoms with Gasteiger partial charge < -0.3 is 4.74 Å². The van der Waals surface area contributed by atoms with Gasteiger partial charge in [0.2, 0.25) is 5.82 Å². The third kappa shape index (κ3) is 5.83. The molecule has 2 nitrogen and oxygen atoms in total. The van der Waals surface area contributed by atoms with Gasteiger partial charge in [0.25, 0.3) is 0 Å². The molecule has 4 rings (SSSR count). The van der Waals surface area contributed by atoms with Gasteiger partial charge in [-0.1, -0.05) is 56.7 Å². The fraction of sp³-hybridized carbons (Fsp3) is 0.387. The summed E-state index contributed by atoms with van der Waals surface area (Å²) in [5.41, 5.74) is 3.49. The minimum atomic E-state index is -1.17. The molecule has 0 atom stereocenters. The highest BCUT2D eigenvalue weighted by Crippen LogP contribution is 2.38. The van der Waals surface area contributed by atoms with Gasteiger partial charge in [-0.3, -0.25) is 4.79 Å². The fourth-order valence-corrected chi connectivity index (χ4v) is 5.02. The molecule has 0 spiro atoms. The lowest BCUT2D eigenvalue weighted by molar-refractivity contribution is -0.140. The van der Waals surface area contributed by atoms with Gasteiger partial charge in [-0.05, 0) is 91.3 Å². The number of halogens is 3. The number of carbonyl (C=O) groups is 1. The first-order chi connectivity index (χ1) is 17.4. The Morgan fingerprint density at radius 3 is 2.19 bits per heavy atom. The quantitative estimate of drug-likeness (QED) is 0.232. The van der Waals surface area contributed by atoms with Crippen molar-refractivity contribution >= 4 is 5.97 Å². The highest BCUT2D eigenvalue weighted by Gasteiger charge is 2.30. The van der Waals surface area contributed by atoms with Gasteiger partial charge in [-0.2, -0.15) is 4.39 Å². The smallest absolute Gasteiger partial charge is 0.314 e. The molecule has 0 heterocycles. The van der Waals surface area contributed by atoms with E-state index in [4.69, 9.17) is 4.74 Å². The molecular weight excluding hydrogens is 461 g/mol. The Hall–Kier alpha value is -3.08. The van der Waals surface area contributed by atoms with Crippen molar-refractivity contribution in [2.45, 2.75) is 71.1 Å². The molecule has 0 N–H and O–H groups in total. The lowest BCUT2D eigenvalue weighted by atomic mass is 9.78. The number of rotatable bonds is 8. The summed E-state index contributed by atoms with van der Waals surface area (Å²) in [5.74, 6) is -3.73. The Balaban J connectivity index is 1.37. The van der Waals surface area contributed by atoms with Crippen LogP contribution >= 0.6 is 0 Å². The minimum Gasteiger partial charge on any atom is -0.423 e. The van der Waals surface area contributed by atoms with Crippen LogP contribution in [0.5, 0.6) is 5.75 Å². The van der Waals surface area contributed by atoms with Gasteiger partial charge in [0.05, 0.1) is 5.92 Å². The highest BCUT2D eigenvalue weighted by atomic mass is 19.2. The zero-order chi connectivity index (χ0) is 25.7. The van der Waals surface area contributed by atoms with Crippen molar-refractivity contribution in [3.63, 3.8) is 0 Å². The second-order valence-corrected chi connectivity index (χ2v) is 9.72. The molecule has 1 aliphatic carbocycles. The summed E-state index contributed by atoms with van der Waals surface area (Å²) in [6.07, 6.45) is 6.16. The average molecular weight is 495 g/mol. The van der Waals surface area contributed by atoms with E-state index in [0.29, 0.717) is 36.8 Å². The molecular formula is C31H33F3O2. The number of hydrogen-bond acceptors (Lipinski definition) is 2. The third-order valence-corrected chi connectivity index (χ3v) is 7.31. The molecule has 1 aliphatic rings. The Labute approximate surface area is 211 Å². The van der Waals surface area contributed by atoms with E-state index in [0.717, 1.165) is 36.8 Å². The van der Waals surface area contributed by atoms with E-state index in [2.05, 4.69) is 6.92 Å². The molecule has 190 valence electrons. The second kappa shape index (κ2) is 11.8. The van der Waals surface area contributed by atoms with Gasteiger partial charge in [0.1, 0.15) is 5.82 Å². The summed E-state index contributed by atoms with van der Waals surface area (Å²) in [5, 5.41) is 0. The normalized spacial score (nSPS) is 17.7. The van der Waals surface area contributed by atoms with E-state index in [1.807, 2.05) is 31.2 Å². The zero-order valence-electron chi connectivity index (χ0n) is 21.0. The van der Waals surface area contributed by atoms with Gasteiger partial charge in [0.15, 0.2) is 11.6 Å². The Morgan fingerprint density at radius 1 is 0.861 bits per heavy atom. The van der Waals surface area contributed by atoms with E-state index in [1.54, 1.807) is 18.2 Å². The summed E-state index contributed by atoms with van der Waals surface area (Å²) >= 11 is 0. The maximum atomic E-state index is 14.8. The largest absolute Gasteiger partial charge is 0.423 e. The summed E-state index contributed by atoms with van der Waals surface area (Å²) in [6.45, 7) is 4.13. The van der Waals surface area contributed by atoms with Crippen LogP contribution in [0.4, 0.5) is 13.2 Å². The van der Waals surface area contributed by atoms with Gasteiger partial charge in [0, 0.05) is 5.56 Å². The maximum Gasteiger partial charge on any atom is 0.314 e. The number of aryl methyl sites for hydroxylation is 2. The minimum absolute atomic E-state index is 0.0434. The van der Waals surface area contributed by atoms with Crippen molar-refractivity contribution in [2.24, 2.45) is 5.92 Å². The van der Waals surface area contributed by atoms with E-state index < -0.39 is 29.3 Å². The first-order valence-electron chi connectivity index (χ1n) is 13.0. The third-order valence-electron chi connectivity index (χ3n) is 7.31. The second-order valence-electron chi connectivity index (χ2n) is 9.72. The average Bonchev–Trinajstić information content (AvgIpc) is 2.90. The molecule has 3 aromatic rings. The molecule has 0 bridgehead atoms. The molecule has 0 radical (unpaired) electrons. The number of ether oxygens (including phenoxy) is 1. The molecule has 0 aromatic heterocycles. The van der Waals surface area contributed by atoms with Crippen molar-refractivity contribution in [1.82, 2.24) is 0 Å². The molecule has 36 heavy (non-hydrogen) atoms. The summed E-state index contributed by atoms with van der Waals surface area (Å²) in [7, 11) is 0. The van der Waals surface area contributed by atoms with Crippen LogP contribution in [-0.2, 0) is 17.6 Å². The first-order valence-corrected chi connectivity index (χ1v) is 13.0. The lowest BCUT2D eigenvalue weighted by Crippen LogP contribution is -2.25. The highest BCUT2D eigenvalue weighted by molar-refractivity contribution is 5.76. The molecule has 0 saturated heterocycles. The molecule has 0 amide bonds. The SMILES string of the molecule is CCCCc1ccc(C2CCC(C(=O)Oc3ccc(-c4ccc(CC)cc4)c(F)c3F)CC2)c(F)c1. The van der Waals surface area contributed by atoms with E-state index in [9.17, 15) is 18.0 Å². The summed E-state index contributed by atoms with van der Waals surface area (Å²) < 4.78 is 49.6. The predicted molar refractivity (Wildman–Crippen MR) is 137 cm³/mol. The van der Waals surface area contributed by atoms with E-state index in [1.165, 1.54) is 12.1 Å². The molecule has 1 fully saturated rings. The monoisotopic (exact) mass is 494 g/mol. The van der Waals surface area contributed by atoms with Gasteiger partial charge >= 0.3 is 5.97 Å². The van der Waals surface area contributed by atoms with Crippen LogP contribution < -0.4 is 4.74 Å². The van der Waals surface area contributed by atoms with Crippen molar-refractivity contribution in [3.05, 3.63) is 88.7 Å². The van der Waals surface area contributed by atoms with Gasteiger partial charge in [-0.15, -0.1) is 0 Å². The van der Waals surface area contributed by atoms with Crippen LogP contribution in [0, 0.1) is 23.4 Å². The van der Waals surface area contributed by atoms with Gasteiger partial charge in [-0.25, -0.2) is 8.78 Å². The summed E-state index contributed by atoms with van der Waals surface area (Å²) in [6, 6.07) is 15.5. The number of carbonyl (C=O) groups excluding carboxylic acids is 1. The predicted octanol–water partition coefficient (Wildman–Crippen LogP) is 8.56. The van der Waals surface area contributed by atoms with Crippen LogP contribution in [0.25, 0.3) is 11.1 Å². The van der Waals surface area contributed by atoms with E-state index >= 15 is 0 Å². The lowest BCUT2D eigenvalue weighted by Gasteiger charge is -2.28. The summed E-state index contributed by atoms with van der Waals surface area (Å²) in [4.78, 5) is 12.7. The topological polar surface area (TPSA) is 26.3 Å². The first kappa shape index (κ1) is 26.0. The maximum absolute atomic E-state index is 14.8. The fourth-order valence-electron chi connectivity index (χ4n) is 5.02. The number of hydrogen-bond donors (Lipinski definition) is 0. The number of benzene rings is 3. The molecule has 0 aliphatic heterocycles. The van der Waals surface area contributed by atoms with Crippen LogP contribution in [0.1, 0.15) is 75.0 Å².